The fourth-order valence-electron chi connectivity index (χ4n) is 2.51. The zero-order valence-corrected chi connectivity index (χ0v) is 13.4. The highest BCUT2D eigenvalue weighted by atomic mass is 32.2. The van der Waals surface area contributed by atoms with Gasteiger partial charge in [0.2, 0.25) is 0 Å². The van der Waals surface area contributed by atoms with Gasteiger partial charge in [-0.25, -0.2) is 4.39 Å². The molecule has 0 unspecified atom stereocenters. The maximum atomic E-state index is 13.5. The van der Waals surface area contributed by atoms with E-state index in [2.05, 4.69) is 0 Å². The van der Waals surface area contributed by atoms with Crippen LogP contribution in [0, 0.1) is 5.82 Å². The van der Waals surface area contributed by atoms with Crippen LogP contribution in [0.2, 0.25) is 0 Å². The molecule has 1 aliphatic rings. The highest BCUT2D eigenvalue weighted by Crippen LogP contribution is 2.34. The van der Waals surface area contributed by atoms with E-state index < -0.39 is 5.82 Å². The van der Waals surface area contributed by atoms with Crippen molar-refractivity contribution in [1.82, 2.24) is 4.90 Å². The third-order valence-corrected chi connectivity index (χ3v) is 5.03. The number of carbonyl (C=O) groups is 1. The molecule has 2 heterocycles. The Kier molecular flexibility index (Phi) is 5.23. The van der Waals surface area contributed by atoms with Gasteiger partial charge in [0, 0.05) is 18.8 Å². The van der Waals surface area contributed by atoms with Crippen LogP contribution < -0.4 is 4.74 Å². The lowest BCUT2D eigenvalue weighted by atomic mass is 10.2. The summed E-state index contributed by atoms with van der Waals surface area (Å²) in [6.45, 7) is 1.18. The minimum atomic E-state index is -0.454. The number of para-hydroxylation sites is 1. The molecule has 0 radical (unpaired) electrons. The van der Waals surface area contributed by atoms with Gasteiger partial charge in [0.1, 0.15) is 5.76 Å². The number of furan rings is 1. The molecule has 1 aromatic heterocycles. The van der Waals surface area contributed by atoms with Crippen LogP contribution >= 0.6 is 11.8 Å². The molecule has 4 nitrogen and oxygen atoms in total. The lowest BCUT2D eigenvalue weighted by Crippen LogP contribution is -2.36. The number of hydrogen-bond donors (Lipinski definition) is 0. The molecular formula is C17H18FNO3S. The normalized spacial score (nSPS) is 18.5. The standard InChI is InChI=1S/C17H18FNO3S/c18-13-4-1-2-5-14(13)22-12-17(20)19-8-7-16(23-11-9-19)15-6-3-10-21-15/h1-6,10,16H,7-9,11-12H2/t16-/m1/s1. The molecule has 1 aliphatic heterocycles. The molecule has 1 fully saturated rings. The summed E-state index contributed by atoms with van der Waals surface area (Å²) in [6.07, 6.45) is 2.51. The Labute approximate surface area is 138 Å². The van der Waals surface area contributed by atoms with Crippen LogP contribution in [0.3, 0.4) is 0 Å². The first-order valence-electron chi connectivity index (χ1n) is 7.54. The molecule has 1 atom stereocenters. The average Bonchev–Trinajstić information content (AvgIpc) is 2.98. The third kappa shape index (κ3) is 4.07. The predicted octanol–water partition coefficient (Wildman–Crippen LogP) is 3.50. The van der Waals surface area contributed by atoms with E-state index in [-0.39, 0.29) is 23.5 Å². The van der Waals surface area contributed by atoms with Crippen LogP contribution in [-0.2, 0) is 4.79 Å². The van der Waals surface area contributed by atoms with Crippen molar-refractivity contribution in [2.24, 2.45) is 0 Å². The molecule has 0 bridgehead atoms. The predicted molar refractivity (Wildman–Crippen MR) is 87.0 cm³/mol. The molecule has 2 aromatic rings. The minimum absolute atomic E-state index is 0.110. The fraction of sp³-hybridized carbons (Fsp3) is 0.353. The molecule has 0 N–H and O–H groups in total. The van der Waals surface area contributed by atoms with Gasteiger partial charge >= 0.3 is 0 Å². The molecule has 0 spiro atoms. The van der Waals surface area contributed by atoms with Crippen LogP contribution in [-0.4, -0.2) is 36.3 Å². The van der Waals surface area contributed by atoms with Gasteiger partial charge in [0.25, 0.3) is 5.91 Å². The van der Waals surface area contributed by atoms with E-state index in [9.17, 15) is 9.18 Å². The van der Waals surface area contributed by atoms with E-state index in [1.807, 2.05) is 12.1 Å². The van der Waals surface area contributed by atoms with Crippen LogP contribution in [0.25, 0.3) is 0 Å². The summed E-state index contributed by atoms with van der Waals surface area (Å²) in [5.41, 5.74) is 0. The van der Waals surface area contributed by atoms with E-state index >= 15 is 0 Å². The van der Waals surface area contributed by atoms with E-state index in [1.54, 1.807) is 35.1 Å². The number of nitrogens with zero attached hydrogens (tertiary/aromatic N) is 1. The van der Waals surface area contributed by atoms with E-state index in [4.69, 9.17) is 9.15 Å². The summed E-state index contributed by atoms with van der Waals surface area (Å²) >= 11 is 1.79. The van der Waals surface area contributed by atoms with Gasteiger partial charge in [-0.2, -0.15) is 0 Å². The first kappa shape index (κ1) is 15.9. The smallest absolute Gasteiger partial charge is 0.260 e. The fourth-order valence-corrected chi connectivity index (χ4v) is 3.69. The number of hydrogen-bond acceptors (Lipinski definition) is 4. The number of thioether (sulfide) groups is 1. The van der Waals surface area contributed by atoms with E-state index in [0.717, 1.165) is 17.9 Å². The second kappa shape index (κ2) is 7.55. The van der Waals surface area contributed by atoms with Crippen molar-refractivity contribution in [3.63, 3.8) is 0 Å². The Bertz CT molecular complexity index is 647. The summed E-state index contributed by atoms with van der Waals surface area (Å²) in [6, 6.07) is 9.96. The Morgan fingerprint density at radius 1 is 1.30 bits per heavy atom. The van der Waals surface area contributed by atoms with Gasteiger partial charge in [0.15, 0.2) is 18.2 Å². The van der Waals surface area contributed by atoms with Crippen LogP contribution in [0.4, 0.5) is 4.39 Å². The van der Waals surface area contributed by atoms with Gasteiger partial charge in [-0.1, -0.05) is 12.1 Å². The molecule has 1 amide bonds. The number of amides is 1. The zero-order valence-electron chi connectivity index (χ0n) is 12.6. The minimum Gasteiger partial charge on any atom is -0.481 e. The van der Waals surface area contributed by atoms with E-state index in [0.29, 0.717) is 13.1 Å². The van der Waals surface area contributed by atoms with Gasteiger partial charge in [-0.15, -0.1) is 11.8 Å². The molecular weight excluding hydrogens is 317 g/mol. The molecule has 6 heteroatoms. The number of benzene rings is 1. The number of halogens is 1. The molecule has 1 aromatic carbocycles. The zero-order chi connectivity index (χ0) is 16.1. The van der Waals surface area contributed by atoms with Crippen molar-refractivity contribution in [3.8, 4) is 5.75 Å². The molecule has 0 saturated carbocycles. The second-order valence-corrected chi connectivity index (χ2v) is 6.57. The van der Waals surface area contributed by atoms with Crippen molar-refractivity contribution in [2.45, 2.75) is 11.7 Å². The summed E-state index contributed by atoms with van der Waals surface area (Å²) in [5.74, 6) is 1.33. The number of rotatable bonds is 4. The second-order valence-electron chi connectivity index (χ2n) is 5.26. The lowest BCUT2D eigenvalue weighted by Gasteiger charge is -2.20. The van der Waals surface area contributed by atoms with Crippen molar-refractivity contribution < 1.29 is 18.3 Å². The van der Waals surface area contributed by atoms with Gasteiger partial charge in [0.05, 0.1) is 11.5 Å². The average molecular weight is 335 g/mol. The van der Waals surface area contributed by atoms with E-state index in [1.165, 1.54) is 12.1 Å². The van der Waals surface area contributed by atoms with Crippen LogP contribution in [0.1, 0.15) is 17.4 Å². The summed E-state index contributed by atoms with van der Waals surface area (Å²) in [4.78, 5) is 14.0. The monoisotopic (exact) mass is 335 g/mol. The van der Waals surface area contributed by atoms with Crippen molar-refractivity contribution in [3.05, 3.63) is 54.2 Å². The van der Waals surface area contributed by atoms with Crippen molar-refractivity contribution in [1.29, 1.82) is 0 Å². The molecule has 1 saturated heterocycles. The summed E-state index contributed by atoms with van der Waals surface area (Å²) in [7, 11) is 0. The van der Waals surface area contributed by atoms with Crippen molar-refractivity contribution in [2.75, 3.05) is 25.4 Å². The Morgan fingerprint density at radius 3 is 2.96 bits per heavy atom. The quantitative estimate of drug-likeness (QED) is 0.858. The third-order valence-electron chi connectivity index (χ3n) is 3.74. The Morgan fingerprint density at radius 2 is 2.17 bits per heavy atom. The maximum absolute atomic E-state index is 13.5. The van der Waals surface area contributed by atoms with Gasteiger partial charge in [-0.3, -0.25) is 4.79 Å². The van der Waals surface area contributed by atoms with Crippen molar-refractivity contribution >= 4 is 17.7 Å². The summed E-state index contributed by atoms with van der Waals surface area (Å²) < 4.78 is 24.2. The lowest BCUT2D eigenvalue weighted by molar-refractivity contribution is -0.133. The molecule has 0 aliphatic carbocycles. The maximum Gasteiger partial charge on any atom is 0.260 e. The van der Waals surface area contributed by atoms with Gasteiger partial charge < -0.3 is 14.1 Å². The van der Waals surface area contributed by atoms with Crippen LogP contribution in [0.5, 0.6) is 5.75 Å². The topological polar surface area (TPSA) is 42.7 Å². The highest BCUT2D eigenvalue weighted by Gasteiger charge is 2.23. The SMILES string of the molecule is O=C(COc1ccccc1F)N1CCS[C@@H](c2ccco2)CC1. The number of ether oxygens (including phenoxy) is 1. The van der Waals surface area contributed by atoms with Gasteiger partial charge in [-0.05, 0) is 30.7 Å². The Balaban J connectivity index is 1.53. The Hall–Kier alpha value is -1.95. The largest absolute Gasteiger partial charge is 0.481 e. The molecule has 122 valence electrons. The number of carbonyl (C=O) groups excluding carboxylic acids is 1. The summed E-state index contributed by atoms with van der Waals surface area (Å²) in [5, 5.41) is 0.273. The van der Waals surface area contributed by atoms with Crippen LogP contribution in [0.15, 0.2) is 47.1 Å². The highest BCUT2D eigenvalue weighted by molar-refractivity contribution is 7.99. The molecule has 3 rings (SSSR count). The molecule has 23 heavy (non-hydrogen) atoms. The first-order valence-corrected chi connectivity index (χ1v) is 8.59. The first-order chi connectivity index (χ1) is 11.2.